The van der Waals surface area contributed by atoms with E-state index in [9.17, 15) is 0 Å². The maximum atomic E-state index is 5.62. The number of nitrogens with two attached hydrogens (primary N) is 1. The minimum Gasteiger partial charge on any atom is -0.335 e. The Balaban J connectivity index is 2.81. The highest BCUT2D eigenvalue weighted by atomic mass is 79.9. The van der Waals surface area contributed by atoms with Crippen molar-refractivity contribution < 1.29 is 0 Å². The number of hydrogen-bond acceptors (Lipinski definition) is 2. The van der Waals surface area contributed by atoms with E-state index in [1.54, 1.807) is 6.20 Å². The summed E-state index contributed by atoms with van der Waals surface area (Å²) in [7, 11) is 1.97. The largest absolute Gasteiger partial charge is 0.335 e. The Labute approximate surface area is 84.7 Å². The van der Waals surface area contributed by atoms with Crippen molar-refractivity contribution in [2.75, 3.05) is 0 Å². The summed E-state index contributed by atoms with van der Waals surface area (Å²) in [6, 6.07) is 2.05. The van der Waals surface area contributed by atoms with E-state index in [0.717, 1.165) is 21.1 Å². The van der Waals surface area contributed by atoms with Gasteiger partial charge in [0.1, 0.15) is 5.65 Å². The Morgan fingerprint density at radius 1 is 1.62 bits per heavy atom. The number of halogens is 1. The number of aryl methyl sites for hydroxylation is 1. The first-order valence-corrected chi connectivity index (χ1v) is 4.81. The topological polar surface area (TPSA) is 43.8 Å². The molecule has 2 aromatic rings. The molecule has 3 nitrogen and oxygen atoms in total. The van der Waals surface area contributed by atoms with E-state index in [1.807, 2.05) is 23.9 Å². The Morgan fingerprint density at radius 3 is 3.08 bits per heavy atom. The van der Waals surface area contributed by atoms with E-state index in [4.69, 9.17) is 5.73 Å². The molecular weight excluding hydrogens is 230 g/mol. The third-order valence-corrected chi connectivity index (χ3v) is 2.52. The number of pyridine rings is 1. The van der Waals surface area contributed by atoms with Crippen LogP contribution >= 0.6 is 15.9 Å². The van der Waals surface area contributed by atoms with Crippen molar-refractivity contribution in [2.45, 2.75) is 6.54 Å². The van der Waals surface area contributed by atoms with E-state index >= 15 is 0 Å². The number of hydrogen-bond donors (Lipinski definition) is 1. The molecule has 2 heterocycles. The summed E-state index contributed by atoms with van der Waals surface area (Å²) in [5, 5.41) is 1.12. The molecular formula is C9H10BrN3. The zero-order valence-electron chi connectivity index (χ0n) is 7.29. The highest BCUT2D eigenvalue weighted by Gasteiger charge is 2.05. The van der Waals surface area contributed by atoms with Crippen molar-refractivity contribution in [1.29, 1.82) is 0 Å². The minimum atomic E-state index is 0.551. The lowest BCUT2D eigenvalue weighted by Crippen LogP contribution is -1.94. The molecule has 0 bridgehead atoms. The third-order valence-electron chi connectivity index (χ3n) is 2.08. The van der Waals surface area contributed by atoms with Crippen LogP contribution in [0.25, 0.3) is 11.0 Å². The lowest BCUT2D eigenvalue weighted by molar-refractivity contribution is 0.933. The zero-order chi connectivity index (χ0) is 9.42. The molecule has 0 spiro atoms. The molecule has 0 saturated carbocycles. The van der Waals surface area contributed by atoms with Crippen LogP contribution in [0, 0.1) is 0 Å². The van der Waals surface area contributed by atoms with Crippen molar-refractivity contribution in [3.8, 4) is 0 Å². The van der Waals surface area contributed by atoms with Gasteiger partial charge in [-0.25, -0.2) is 4.98 Å². The van der Waals surface area contributed by atoms with Gasteiger partial charge in [-0.15, -0.1) is 0 Å². The fourth-order valence-corrected chi connectivity index (χ4v) is 1.81. The number of rotatable bonds is 1. The van der Waals surface area contributed by atoms with Crippen LogP contribution in [0.4, 0.5) is 0 Å². The van der Waals surface area contributed by atoms with E-state index in [2.05, 4.69) is 20.9 Å². The van der Waals surface area contributed by atoms with Gasteiger partial charge in [-0.3, -0.25) is 0 Å². The van der Waals surface area contributed by atoms with Crippen LogP contribution in [-0.4, -0.2) is 9.55 Å². The quantitative estimate of drug-likeness (QED) is 0.825. The van der Waals surface area contributed by atoms with Gasteiger partial charge < -0.3 is 10.3 Å². The molecule has 0 unspecified atom stereocenters. The smallest absolute Gasteiger partial charge is 0.139 e. The Morgan fingerprint density at radius 2 is 2.38 bits per heavy atom. The monoisotopic (exact) mass is 239 g/mol. The molecule has 0 fully saturated rings. The van der Waals surface area contributed by atoms with Crippen LogP contribution in [0.3, 0.4) is 0 Å². The molecule has 0 amide bonds. The minimum absolute atomic E-state index is 0.551. The molecule has 2 rings (SSSR count). The second-order valence-corrected chi connectivity index (χ2v) is 3.91. The molecule has 0 aliphatic rings. The normalized spacial score (nSPS) is 11.0. The summed E-state index contributed by atoms with van der Waals surface area (Å²) in [5.74, 6) is 0. The van der Waals surface area contributed by atoms with Crippen LogP contribution in [0.1, 0.15) is 5.56 Å². The van der Waals surface area contributed by atoms with E-state index < -0.39 is 0 Å². The summed E-state index contributed by atoms with van der Waals surface area (Å²) in [6.07, 6.45) is 3.81. The first-order chi connectivity index (χ1) is 6.22. The van der Waals surface area contributed by atoms with Crippen molar-refractivity contribution in [3.05, 3.63) is 28.5 Å². The number of aromatic nitrogens is 2. The van der Waals surface area contributed by atoms with Gasteiger partial charge >= 0.3 is 0 Å². The molecule has 0 aliphatic heterocycles. The average molecular weight is 240 g/mol. The van der Waals surface area contributed by atoms with Crippen molar-refractivity contribution >= 4 is 27.0 Å². The fraction of sp³-hybridized carbons (Fsp3) is 0.222. The van der Waals surface area contributed by atoms with Crippen LogP contribution in [0.5, 0.6) is 0 Å². The lowest BCUT2D eigenvalue weighted by Gasteiger charge is -1.95. The Bertz CT molecular complexity index is 447. The summed E-state index contributed by atoms with van der Waals surface area (Å²) in [4.78, 5) is 4.31. The van der Waals surface area contributed by atoms with Gasteiger partial charge in [0, 0.05) is 35.8 Å². The maximum absolute atomic E-state index is 5.62. The molecule has 0 radical (unpaired) electrons. The molecule has 68 valence electrons. The van der Waals surface area contributed by atoms with Crippen LogP contribution in [0.2, 0.25) is 0 Å². The van der Waals surface area contributed by atoms with Gasteiger partial charge in [-0.2, -0.15) is 0 Å². The van der Waals surface area contributed by atoms with Gasteiger partial charge in [-0.1, -0.05) is 0 Å². The predicted molar refractivity (Wildman–Crippen MR) is 56.3 cm³/mol. The first-order valence-electron chi connectivity index (χ1n) is 4.02. The van der Waals surface area contributed by atoms with Gasteiger partial charge in [-0.05, 0) is 27.6 Å². The SMILES string of the molecule is Cn1cc(CN)c2cc(Br)cnc21. The molecule has 0 saturated heterocycles. The van der Waals surface area contributed by atoms with E-state index in [-0.39, 0.29) is 0 Å². The summed E-state index contributed by atoms with van der Waals surface area (Å²) in [6.45, 7) is 0.551. The first kappa shape index (κ1) is 8.72. The molecule has 4 heteroatoms. The summed E-state index contributed by atoms with van der Waals surface area (Å²) < 4.78 is 2.98. The molecule has 0 aromatic carbocycles. The average Bonchev–Trinajstić information content (AvgIpc) is 2.42. The molecule has 2 aromatic heterocycles. The molecule has 0 aliphatic carbocycles. The summed E-state index contributed by atoms with van der Waals surface area (Å²) in [5.41, 5.74) is 7.73. The van der Waals surface area contributed by atoms with Gasteiger partial charge in [0.15, 0.2) is 0 Å². The molecule has 0 atom stereocenters. The standard InChI is InChI=1S/C9H10BrN3/c1-13-5-6(3-11)8-2-7(10)4-12-9(8)13/h2,4-5H,3,11H2,1H3. The van der Waals surface area contributed by atoms with E-state index in [1.165, 1.54) is 0 Å². The third kappa shape index (κ3) is 1.36. The van der Waals surface area contributed by atoms with Gasteiger partial charge in [0.2, 0.25) is 0 Å². The van der Waals surface area contributed by atoms with Crippen molar-refractivity contribution in [2.24, 2.45) is 12.8 Å². The lowest BCUT2D eigenvalue weighted by atomic mass is 10.2. The van der Waals surface area contributed by atoms with Crippen LogP contribution in [0.15, 0.2) is 22.9 Å². The van der Waals surface area contributed by atoms with Gasteiger partial charge in [0.25, 0.3) is 0 Å². The van der Waals surface area contributed by atoms with Crippen molar-refractivity contribution in [3.63, 3.8) is 0 Å². The predicted octanol–water partition coefficient (Wildman–Crippen LogP) is 1.79. The Kier molecular flexibility index (Phi) is 2.09. The molecule has 2 N–H and O–H groups in total. The Hall–Kier alpha value is -0.870. The second-order valence-electron chi connectivity index (χ2n) is 2.99. The highest BCUT2D eigenvalue weighted by molar-refractivity contribution is 9.10. The fourth-order valence-electron chi connectivity index (χ4n) is 1.48. The maximum Gasteiger partial charge on any atom is 0.139 e. The highest BCUT2D eigenvalue weighted by Crippen LogP contribution is 2.21. The van der Waals surface area contributed by atoms with Crippen molar-refractivity contribution in [1.82, 2.24) is 9.55 Å². The summed E-state index contributed by atoms with van der Waals surface area (Å²) >= 11 is 3.39. The van der Waals surface area contributed by atoms with Gasteiger partial charge in [0.05, 0.1) is 0 Å². The second kappa shape index (κ2) is 3.12. The molecule has 13 heavy (non-hydrogen) atoms. The number of fused-ring (bicyclic) bond motifs is 1. The number of nitrogens with zero attached hydrogens (tertiary/aromatic N) is 2. The zero-order valence-corrected chi connectivity index (χ0v) is 8.87. The van der Waals surface area contributed by atoms with E-state index in [0.29, 0.717) is 6.54 Å². The van der Waals surface area contributed by atoms with Crippen LogP contribution < -0.4 is 5.73 Å². The van der Waals surface area contributed by atoms with Crippen LogP contribution in [-0.2, 0) is 13.6 Å².